The zero-order chi connectivity index (χ0) is 34.5. The molecule has 0 aliphatic heterocycles. The number of rotatable bonds is 22. The maximum Gasteiger partial charge on any atom is 0.343 e. The fourth-order valence-electron chi connectivity index (χ4n) is 5.45. The molecule has 4 aromatic carbocycles. The third-order valence-electron chi connectivity index (χ3n) is 8.50. The van der Waals surface area contributed by atoms with Gasteiger partial charge in [-0.05, 0) is 84.1 Å². The van der Waals surface area contributed by atoms with E-state index in [0.717, 1.165) is 54.1 Å². The van der Waals surface area contributed by atoms with Gasteiger partial charge in [-0.15, -0.1) is 0 Å². The number of hydrogen-bond donors (Lipinski definition) is 0. The van der Waals surface area contributed by atoms with Crippen LogP contribution in [0.5, 0.6) is 17.2 Å². The first-order valence-electron chi connectivity index (χ1n) is 18.2. The highest BCUT2D eigenvalue weighted by atomic mass is 16.5. The van der Waals surface area contributed by atoms with Crippen molar-refractivity contribution in [3.05, 3.63) is 120 Å². The van der Waals surface area contributed by atoms with Gasteiger partial charge >= 0.3 is 5.97 Å². The lowest BCUT2D eigenvalue weighted by Gasteiger charge is -2.08. The van der Waals surface area contributed by atoms with E-state index in [1.807, 2.05) is 72.8 Å². The van der Waals surface area contributed by atoms with Gasteiger partial charge < -0.3 is 14.2 Å². The van der Waals surface area contributed by atoms with Gasteiger partial charge in [-0.25, -0.2) is 4.79 Å². The number of carbonyl (C=O) groups excluding carboxylic acids is 2. The van der Waals surface area contributed by atoms with Gasteiger partial charge in [0.1, 0.15) is 17.2 Å². The number of esters is 1. The molecule has 0 bridgehead atoms. The normalized spacial score (nSPS) is 11.1. The molecule has 258 valence electrons. The van der Waals surface area contributed by atoms with E-state index in [2.05, 4.69) is 13.8 Å². The fraction of sp³-hybridized carbons (Fsp3) is 0.364. The van der Waals surface area contributed by atoms with Crippen LogP contribution in [0.4, 0.5) is 0 Å². The fourth-order valence-corrected chi connectivity index (χ4v) is 5.45. The first-order valence-corrected chi connectivity index (χ1v) is 18.2. The number of hydrogen-bond acceptors (Lipinski definition) is 5. The number of carbonyl (C=O) groups is 2. The molecule has 5 heteroatoms. The third-order valence-corrected chi connectivity index (χ3v) is 8.50. The van der Waals surface area contributed by atoms with E-state index in [9.17, 15) is 9.59 Å². The molecular formula is C44H52O5. The Kier molecular flexibility index (Phi) is 16.2. The van der Waals surface area contributed by atoms with Crippen LogP contribution in [0.15, 0.2) is 103 Å². The van der Waals surface area contributed by atoms with Crippen LogP contribution in [-0.2, 0) is 0 Å². The van der Waals surface area contributed by atoms with Crippen LogP contribution < -0.4 is 14.2 Å². The zero-order valence-corrected chi connectivity index (χ0v) is 29.3. The van der Waals surface area contributed by atoms with Crippen LogP contribution in [-0.4, -0.2) is 25.0 Å². The molecular weight excluding hydrogens is 608 g/mol. The Hall–Kier alpha value is -4.64. The lowest BCUT2D eigenvalue weighted by Crippen LogP contribution is -2.08. The molecule has 0 saturated heterocycles. The molecule has 0 spiro atoms. The van der Waals surface area contributed by atoms with Crippen LogP contribution in [0.25, 0.3) is 17.2 Å². The Balaban J connectivity index is 1.16. The van der Waals surface area contributed by atoms with Crippen molar-refractivity contribution >= 4 is 17.8 Å². The SMILES string of the molecule is CCCCCCCCCCCCOc1ccc(C(=O)Oc2ccc(/C=C/C(=O)c3ccc(-c4ccc(OCCCC)cc4)cc3)cc2)cc1. The molecule has 0 atom stereocenters. The van der Waals surface area contributed by atoms with Crippen LogP contribution in [0.1, 0.15) is 117 Å². The van der Waals surface area contributed by atoms with E-state index in [4.69, 9.17) is 14.2 Å². The second-order valence-corrected chi connectivity index (χ2v) is 12.5. The third kappa shape index (κ3) is 13.4. The van der Waals surface area contributed by atoms with Gasteiger partial charge in [0.2, 0.25) is 0 Å². The monoisotopic (exact) mass is 660 g/mol. The summed E-state index contributed by atoms with van der Waals surface area (Å²) in [5, 5.41) is 0. The standard InChI is InChI=1S/C44H52O5/c1-3-5-7-8-9-10-11-12-13-14-34-48-41-30-24-39(25-31-41)44(46)49-42-26-15-35(16-27-42)17-32-43(45)38-20-18-36(19-21-38)37-22-28-40(29-23-37)47-33-6-4-2/h15-32H,3-14,33-34H2,1-2H3/b32-17+. The Morgan fingerprint density at radius 3 is 1.51 bits per heavy atom. The molecule has 49 heavy (non-hydrogen) atoms. The molecule has 4 rings (SSSR count). The molecule has 0 N–H and O–H groups in total. The van der Waals surface area contributed by atoms with Gasteiger partial charge in [0.15, 0.2) is 5.78 Å². The summed E-state index contributed by atoms with van der Waals surface area (Å²) >= 11 is 0. The summed E-state index contributed by atoms with van der Waals surface area (Å²) in [5.41, 5.74) is 4.00. The van der Waals surface area contributed by atoms with Crippen molar-refractivity contribution < 1.29 is 23.8 Å². The summed E-state index contributed by atoms with van der Waals surface area (Å²) < 4.78 is 17.2. The predicted octanol–water partition coefficient (Wildman–Crippen LogP) is 11.9. The molecule has 0 unspecified atom stereocenters. The minimum Gasteiger partial charge on any atom is -0.494 e. The number of unbranched alkanes of at least 4 members (excludes halogenated alkanes) is 10. The smallest absolute Gasteiger partial charge is 0.343 e. The molecule has 0 aromatic heterocycles. The zero-order valence-electron chi connectivity index (χ0n) is 29.3. The van der Waals surface area contributed by atoms with Crippen molar-refractivity contribution in [3.8, 4) is 28.4 Å². The second kappa shape index (κ2) is 21.4. The van der Waals surface area contributed by atoms with Gasteiger partial charge in [0.25, 0.3) is 0 Å². The highest BCUT2D eigenvalue weighted by molar-refractivity contribution is 6.07. The number of benzene rings is 4. The van der Waals surface area contributed by atoms with E-state index in [1.54, 1.807) is 36.4 Å². The Labute approximate surface area is 293 Å². The first kappa shape index (κ1) is 37.2. The van der Waals surface area contributed by atoms with Crippen LogP contribution in [0, 0.1) is 0 Å². The summed E-state index contributed by atoms with van der Waals surface area (Å²) in [6, 6.07) is 29.8. The number of ether oxygens (including phenoxy) is 3. The van der Waals surface area contributed by atoms with E-state index in [0.29, 0.717) is 23.5 Å². The molecule has 0 aliphatic rings. The minimum absolute atomic E-state index is 0.0855. The highest BCUT2D eigenvalue weighted by Gasteiger charge is 2.09. The lowest BCUT2D eigenvalue weighted by atomic mass is 10.0. The maximum atomic E-state index is 12.8. The first-order chi connectivity index (χ1) is 24.1. The average Bonchev–Trinajstić information content (AvgIpc) is 3.14. The minimum atomic E-state index is -0.431. The Bertz CT molecular complexity index is 1550. The van der Waals surface area contributed by atoms with Crippen molar-refractivity contribution in [1.29, 1.82) is 0 Å². The van der Waals surface area contributed by atoms with Crippen molar-refractivity contribution in [3.63, 3.8) is 0 Å². The Morgan fingerprint density at radius 1 is 0.490 bits per heavy atom. The van der Waals surface area contributed by atoms with Crippen molar-refractivity contribution in [1.82, 2.24) is 0 Å². The lowest BCUT2D eigenvalue weighted by molar-refractivity contribution is 0.0734. The predicted molar refractivity (Wildman–Crippen MR) is 201 cm³/mol. The molecule has 0 saturated carbocycles. The molecule has 4 aromatic rings. The summed E-state index contributed by atoms with van der Waals surface area (Å²) in [6.07, 6.45) is 18.4. The van der Waals surface area contributed by atoms with Crippen molar-refractivity contribution in [2.45, 2.75) is 90.9 Å². The molecule has 0 heterocycles. The molecule has 0 radical (unpaired) electrons. The van der Waals surface area contributed by atoms with Gasteiger partial charge in [-0.1, -0.05) is 133 Å². The average molecular weight is 661 g/mol. The quantitative estimate of drug-likeness (QED) is 0.0276. The van der Waals surface area contributed by atoms with Crippen LogP contribution in [0.3, 0.4) is 0 Å². The number of allylic oxidation sites excluding steroid dienone is 1. The van der Waals surface area contributed by atoms with Gasteiger partial charge in [0.05, 0.1) is 18.8 Å². The second-order valence-electron chi connectivity index (χ2n) is 12.5. The molecule has 0 aliphatic carbocycles. The van der Waals surface area contributed by atoms with E-state index in [1.165, 1.54) is 57.8 Å². The van der Waals surface area contributed by atoms with Gasteiger partial charge in [-0.3, -0.25) is 4.79 Å². The van der Waals surface area contributed by atoms with Crippen molar-refractivity contribution in [2.24, 2.45) is 0 Å². The largest absolute Gasteiger partial charge is 0.494 e. The van der Waals surface area contributed by atoms with E-state index in [-0.39, 0.29) is 5.78 Å². The Morgan fingerprint density at radius 2 is 0.939 bits per heavy atom. The van der Waals surface area contributed by atoms with Crippen LogP contribution in [0.2, 0.25) is 0 Å². The summed E-state index contributed by atoms with van der Waals surface area (Å²) in [7, 11) is 0. The van der Waals surface area contributed by atoms with Crippen molar-refractivity contribution in [2.75, 3.05) is 13.2 Å². The molecule has 5 nitrogen and oxygen atoms in total. The molecule has 0 amide bonds. The topological polar surface area (TPSA) is 61.8 Å². The number of ketones is 1. The van der Waals surface area contributed by atoms with Gasteiger partial charge in [0, 0.05) is 5.56 Å². The summed E-state index contributed by atoms with van der Waals surface area (Å²) in [4.78, 5) is 25.5. The van der Waals surface area contributed by atoms with Gasteiger partial charge in [-0.2, -0.15) is 0 Å². The highest BCUT2D eigenvalue weighted by Crippen LogP contribution is 2.24. The maximum absolute atomic E-state index is 12.8. The van der Waals surface area contributed by atoms with E-state index >= 15 is 0 Å². The molecule has 0 fully saturated rings. The van der Waals surface area contributed by atoms with Crippen LogP contribution >= 0.6 is 0 Å². The summed E-state index contributed by atoms with van der Waals surface area (Å²) in [6.45, 7) is 5.81. The summed E-state index contributed by atoms with van der Waals surface area (Å²) in [5.74, 6) is 1.54. The van der Waals surface area contributed by atoms with E-state index < -0.39 is 5.97 Å².